The molecule has 0 radical (unpaired) electrons. The quantitative estimate of drug-likeness (QED) is 0.683. The van der Waals surface area contributed by atoms with Gasteiger partial charge in [0.15, 0.2) is 0 Å². The number of hydrogen-bond acceptors (Lipinski definition) is 4. The van der Waals surface area contributed by atoms with Gasteiger partial charge in [-0.25, -0.2) is 8.42 Å². The molecule has 0 aromatic carbocycles. The van der Waals surface area contributed by atoms with E-state index >= 15 is 0 Å². The Bertz CT molecular complexity index is 332. The first kappa shape index (κ1) is 13.6. The molecule has 0 aromatic rings. The Morgan fingerprint density at radius 3 is 2.19 bits per heavy atom. The Morgan fingerprint density at radius 2 is 1.75 bits per heavy atom. The normalized spacial score (nSPS) is 19.9. The van der Waals surface area contributed by atoms with Crippen molar-refractivity contribution < 1.29 is 13.2 Å². The first-order chi connectivity index (χ1) is 7.45. The van der Waals surface area contributed by atoms with Crippen LogP contribution in [-0.2, 0) is 14.8 Å². The van der Waals surface area contributed by atoms with Gasteiger partial charge in [0.1, 0.15) is 5.78 Å². The second kappa shape index (κ2) is 5.75. The lowest BCUT2D eigenvalue weighted by Crippen LogP contribution is -2.50. The summed E-state index contributed by atoms with van der Waals surface area (Å²) in [5, 5.41) is 0. The van der Waals surface area contributed by atoms with Crippen molar-refractivity contribution in [2.24, 2.45) is 0 Å². The Balaban J connectivity index is 2.46. The number of carbonyl (C=O) groups is 1. The average Bonchev–Trinajstić information content (AvgIpc) is 2.17. The summed E-state index contributed by atoms with van der Waals surface area (Å²) in [6, 6.07) is 0. The van der Waals surface area contributed by atoms with Crippen LogP contribution in [0.2, 0.25) is 0 Å². The van der Waals surface area contributed by atoms with Gasteiger partial charge in [0.2, 0.25) is 10.0 Å². The van der Waals surface area contributed by atoms with Crippen LogP contribution in [0.15, 0.2) is 0 Å². The van der Waals surface area contributed by atoms with Crippen LogP contribution in [0.25, 0.3) is 0 Å². The minimum atomic E-state index is -3.06. The summed E-state index contributed by atoms with van der Waals surface area (Å²) in [5.74, 6) is 0.351. The molecule has 1 aliphatic rings. The Morgan fingerprint density at radius 1 is 1.19 bits per heavy atom. The number of Topliss-reactive ketones (excluding diaryl/α,β-unsaturated/α-hetero) is 1. The SMILES string of the molecule is CCCS(=O)(=O)N1CCN(CC(C)=O)CC1. The maximum absolute atomic E-state index is 11.8. The van der Waals surface area contributed by atoms with Crippen LogP contribution in [0, 0.1) is 0 Å². The molecular formula is C10H20N2O3S. The van der Waals surface area contributed by atoms with E-state index in [0.29, 0.717) is 39.1 Å². The van der Waals surface area contributed by atoms with E-state index in [1.54, 1.807) is 6.92 Å². The van der Waals surface area contributed by atoms with Gasteiger partial charge in [-0.1, -0.05) is 6.92 Å². The second-order valence-electron chi connectivity index (χ2n) is 4.19. The van der Waals surface area contributed by atoms with Gasteiger partial charge in [-0.3, -0.25) is 9.69 Å². The standard InChI is InChI=1S/C10H20N2O3S/c1-3-8-16(14,15)12-6-4-11(5-7-12)9-10(2)13/h3-9H2,1-2H3. The van der Waals surface area contributed by atoms with Crippen molar-refractivity contribution >= 4 is 15.8 Å². The highest BCUT2D eigenvalue weighted by Crippen LogP contribution is 2.08. The fourth-order valence-corrected chi connectivity index (χ4v) is 3.36. The molecule has 1 aliphatic heterocycles. The van der Waals surface area contributed by atoms with Crippen molar-refractivity contribution in [3.63, 3.8) is 0 Å². The number of nitrogens with zero attached hydrogens (tertiary/aromatic N) is 2. The topological polar surface area (TPSA) is 57.7 Å². The van der Waals surface area contributed by atoms with Crippen LogP contribution >= 0.6 is 0 Å². The molecule has 0 aliphatic carbocycles. The predicted molar refractivity (Wildman–Crippen MR) is 62.8 cm³/mol. The number of ketones is 1. The Kier molecular flexibility index (Phi) is 4.89. The average molecular weight is 248 g/mol. The molecule has 0 unspecified atom stereocenters. The molecule has 0 atom stereocenters. The van der Waals surface area contributed by atoms with Crippen LogP contribution < -0.4 is 0 Å². The van der Waals surface area contributed by atoms with Crippen molar-refractivity contribution in [3.8, 4) is 0 Å². The van der Waals surface area contributed by atoms with Gasteiger partial charge in [-0.15, -0.1) is 0 Å². The third kappa shape index (κ3) is 3.84. The van der Waals surface area contributed by atoms with E-state index in [0.717, 1.165) is 0 Å². The van der Waals surface area contributed by atoms with Crippen molar-refractivity contribution in [3.05, 3.63) is 0 Å². The first-order valence-corrected chi connectivity index (χ1v) is 7.26. The molecule has 16 heavy (non-hydrogen) atoms. The third-order valence-electron chi connectivity index (χ3n) is 2.63. The monoisotopic (exact) mass is 248 g/mol. The molecule has 1 heterocycles. The summed E-state index contributed by atoms with van der Waals surface area (Å²) in [6.45, 7) is 6.18. The van der Waals surface area contributed by atoms with Gasteiger partial charge < -0.3 is 0 Å². The van der Waals surface area contributed by atoms with Gasteiger partial charge in [0.25, 0.3) is 0 Å². The van der Waals surface area contributed by atoms with E-state index in [1.807, 2.05) is 11.8 Å². The molecule has 1 rings (SSSR count). The van der Waals surface area contributed by atoms with Crippen molar-refractivity contribution in [2.75, 3.05) is 38.5 Å². The highest BCUT2D eigenvalue weighted by atomic mass is 32.2. The van der Waals surface area contributed by atoms with Crippen molar-refractivity contribution in [1.29, 1.82) is 0 Å². The molecule has 0 aromatic heterocycles. The lowest BCUT2D eigenvalue weighted by molar-refractivity contribution is -0.118. The molecule has 94 valence electrons. The molecule has 5 nitrogen and oxygen atoms in total. The zero-order chi connectivity index (χ0) is 12.2. The molecule has 1 fully saturated rings. The lowest BCUT2D eigenvalue weighted by atomic mass is 10.3. The number of carbonyl (C=O) groups excluding carboxylic acids is 1. The number of sulfonamides is 1. The van der Waals surface area contributed by atoms with Crippen LogP contribution in [0.5, 0.6) is 0 Å². The Hall–Kier alpha value is -0.460. The van der Waals surface area contributed by atoms with E-state index in [9.17, 15) is 13.2 Å². The fraction of sp³-hybridized carbons (Fsp3) is 0.900. The smallest absolute Gasteiger partial charge is 0.214 e. The lowest BCUT2D eigenvalue weighted by Gasteiger charge is -2.33. The Labute approximate surface area is 97.5 Å². The minimum absolute atomic E-state index is 0.130. The molecule has 0 N–H and O–H groups in total. The summed E-state index contributed by atoms with van der Waals surface area (Å²) in [4.78, 5) is 12.9. The summed E-state index contributed by atoms with van der Waals surface area (Å²) in [7, 11) is -3.06. The van der Waals surface area contributed by atoms with Crippen LogP contribution in [-0.4, -0.2) is 61.9 Å². The van der Waals surface area contributed by atoms with Crippen LogP contribution in [0.1, 0.15) is 20.3 Å². The zero-order valence-corrected chi connectivity index (χ0v) is 10.8. The predicted octanol–water partition coefficient (Wildman–Crippen LogP) is -0.0672. The zero-order valence-electron chi connectivity index (χ0n) is 9.98. The van der Waals surface area contributed by atoms with Crippen molar-refractivity contribution in [1.82, 2.24) is 9.21 Å². The largest absolute Gasteiger partial charge is 0.299 e. The highest BCUT2D eigenvalue weighted by molar-refractivity contribution is 7.89. The fourth-order valence-electron chi connectivity index (χ4n) is 1.87. The maximum Gasteiger partial charge on any atom is 0.214 e. The number of hydrogen-bond donors (Lipinski definition) is 0. The molecular weight excluding hydrogens is 228 g/mol. The van der Waals surface area contributed by atoms with Crippen molar-refractivity contribution in [2.45, 2.75) is 20.3 Å². The van der Waals surface area contributed by atoms with Gasteiger partial charge >= 0.3 is 0 Å². The molecule has 6 heteroatoms. The third-order valence-corrected chi connectivity index (χ3v) is 4.71. The van der Waals surface area contributed by atoms with Gasteiger partial charge in [-0.2, -0.15) is 4.31 Å². The van der Waals surface area contributed by atoms with E-state index in [1.165, 1.54) is 4.31 Å². The van der Waals surface area contributed by atoms with E-state index in [2.05, 4.69) is 0 Å². The summed E-state index contributed by atoms with van der Waals surface area (Å²) >= 11 is 0. The van der Waals surface area contributed by atoms with E-state index in [4.69, 9.17) is 0 Å². The summed E-state index contributed by atoms with van der Waals surface area (Å²) < 4.78 is 25.0. The van der Waals surface area contributed by atoms with Crippen LogP contribution in [0.3, 0.4) is 0 Å². The number of piperazine rings is 1. The maximum atomic E-state index is 11.8. The van der Waals surface area contributed by atoms with Crippen LogP contribution in [0.4, 0.5) is 0 Å². The second-order valence-corrected chi connectivity index (χ2v) is 6.28. The minimum Gasteiger partial charge on any atom is -0.299 e. The molecule has 1 saturated heterocycles. The molecule has 0 saturated carbocycles. The van der Waals surface area contributed by atoms with Gasteiger partial charge in [0.05, 0.1) is 12.3 Å². The van der Waals surface area contributed by atoms with Gasteiger partial charge in [-0.05, 0) is 13.3 Å². The summed E-state index contributed by atoms with van der Waals surface area (Å²) in [5.41, 5.74) is 0. The van der Waals surface area contributed by atoms with Gasteiger partial charge in [0, 0.05) is 26.2 Å². The molecule has 0 bridgehead atoms. The molecule has 0 amide bonds. The number of rotatable bonds is 5. The molecule has 0 spiro atoms. The van der Waals surface area contributed by atoms with E-state index < -0.39 is 10.0 Å². The summed E-state index contributed by atoms with van der Waals surface area (Å²) in [6.07, 6.45) is 0.649. The first-order valence-electron chi connectivity index (χ1n) is 5.65. The highest BCUT2D eigenvalue weighted by Gasteiger charge is 2.26. The van der Waals surface area contributed by atoms with E-state index in [-0.39, 0.29) is 11.5 Å².